The lowest BCUT2D eigenvalue weighted by molar-refractivity contribution is -0.131. The average molecular weight is 287 g/mol. The predicted octanol–water partition coefficient (Wildman–Crippen LogP) is -0.432. The SMILES string of the molecule is C[C@H]1CC[C@H](C(=O)NC[C@@H]2C[C@H](F)CN2CC(N)=O)O1. The summed E-state index contributed by atoms with van der Waals surface area (Å²) >= 11 is 0. The fourth-order valence-corrected chi connectivity index (χ4v) is 2.86. The molecule has 0 aromatic heterocycles. The molecule has 2 amide bonds. The fourth-order valence-electron chi connectivity index (χ4n) is 2.86. The standard InChI is InChI=1S/C13H22FN3O3/c1-8-2-3-11(20-8)13(19)16-5-10-4-9(14)6-17(10)7-12(15)18/h8-11H,2-7H2,1H3,(H2,15,18)(H,16,19)/t8-,9-,10-,11+/m0/s1. The van der Waals surface area contributed by atoms with Crippen molar-refractivity contribution >= 4 is 11.8 Å². The summed E-state index contributed by atoms with van der Waals surface area (Å²) in [7, 11) is 0. The Morgan fingerprint density at radius 1 is 1.45 bits per heavy atom. The van der Waals surface area contributed by atoms with Gasteiger partial charge in [0.2, 0.25) is 11.8 Å². The maximum Gasteiger partial charge on any atom is 0.249 e. The van der Waals surface area contributed by atoms with Crippen molar-refractivity contribution < 1.29 is 18.7 Å². The number of hydrogen-bond acceptors (Lipinski definition) is 4. The average Bonchev–Trinajstić information content (AvgIpc) is 2.92. The Labute approximate surface area is 117 Å². The molecule has 114 valence electrons. The van der Waals surface area contributed by atoms with Crippen LogP contribution >= 0.6 is 0 Å². The van der Waals surface area contributed by atoms with Gasteiger partial charge >= 0.3 is 0 Å². The van der Waals surface area contributed by atoms with E-state index in [1.807, 2.05) is 6.92 Å². The van der Waals surface area contributed by atoms with Gasteiger partial charge in [-0.05, 0) is 26.2 Å². The zero-order valence-electron chi connectivity index (χ0n) is 11.7. The quantitative estimate of drug-likeness (QED) is 0.718. The van der Waals surface area contributed by atoms with Gasteiger partial charge in [0.25, 0.3) is 0 Å². The summed E-state index contributed by atoms with van der Waals surface area (Å²) in [6, 6.07) is -0.180. The first-order valence-corrected chi connectivity index (χ1v) is 7.05. The lowest BCUT2D eigenvalue weighted by Gasteiger charge is -2.23. The van der Waals surface area contributed by atoms with Crippen LogP contribution in [0.2, 0.25) is 0 Å². The van der Waals surface area contributed by atoms with E-state index in [0.29, 0.717) is 19.4 Å². The summed E-state index contributed by atoms with van der Waals surface area (Å²) in [5, 5.41) is 2.79. The molecule has 0 aromatic rings. The van der Waals surface area contributed by atoms with Crippen molar-refractivity contribution in [3.05, 3.63) is 0 Å². The Morgan fingerprint density at radius 2 is 2.20 bits per heavy atom. The highest BCUT2D eigenvalue weighted by Crippen LogP contribution is 2.21. The number of halogens is 1. The second-order valence-electron chi connectivity index (χ2n) is 5.64. The monoisotopic (exact) mass is 287 g/mol. The van der Waals surface area contributed by atoms with Crippen molar-refractivity contribution in [2.24, 2.45) is 5.73 Å². The topological polar surface area (TPSA) is 84.7 Å². The number of primary amides is 1. The molecule has 20 heavy (non-hydrogen) atoms. The Bertz CT molecular complexity index is 380. The minimum Gasteiger partial charge on any atom is -0.369 e. The van der Waals surface area contributed by atoms with E-state index in [0.717, 1.165) is 6.42 Å². The predicted molar refractivity (Wildman–Crippen MR) is 70.6 cm³/mol. The third-order valence-electron chi connectivity index (χ3n) is 3.87. The highest BCUT2D eigenvalue weighted by molar-refractivity contribution is 5.81. The van der Waals surface area contributed by atoms with Crippen LogP contribution in [0.4, 0.5) is 4.39 Å². The van der Waals surface area contributed by atoms with E-state index in [1.54, 1.807) is 4.90 Å². The molecule has 0 aliphatic carbocycles. The number of nitrogens with one attached hydrogen (secondary N) is 1. The molecule has 0 spiro atoms. The van der Waals surface area contributed by atoms with Crippen molar-refractivity contribution in [2.45, 2.75) is 50.6 Å². The van der Waals surface area contributed by atoms with Crippen LogP contribution in [0.5, 0.6) is 0 Å². The van der Waals surface area contributed by atoms with Crippen LogP contribution in [0.25, 0.3) is 0 Å². The summed E-state index contributed by atoms with van der Waals surface area (Å²) in [4.78, 5) is 24.5. The van der Waals surface area contributed by atoms with Crippen molar-refractivity contribution in [2.75, 3.05) is 19.6 Å². The summed E-state index contributed by atoms with van der Waals surface area (Å²) in [5.74, 6) is -0.640. The van der Waals surface area contributed by atoms with Crippen LogP contribution in [0.15, 0.2) is 0 Å². The highest BCUT2D eigenvalue weighted by Gasteiger charge is 2.34. The summed E-state index contributed by atoms with van der Waals surface area (Å²) in [5.41, 5.74) is 5.14. The second kappa shape index (κ2) is 6.49. The van der Waals surface area contributed by atoms with E-state index in [2.05, 4.69) is 5.32 Å². The highest BCUT2D eigenvalue weighted by atomic mass is 19.1. The number of hydrogen-bond donors (Lipinski definition) is 2. The number of alkyl halides is 1. The van der Waals surface area contributed by atoms with E-state index in [9.17, 15) is 14.0 Å². The number of carbonyl (C=O) groups is 2. The third kappa shape index (κ3) is 3.89. The first kappa shape index (κ1) is 15.2. The Balaban J connectivity index is 1.79. The molecule has 6 nitrogen and oxygen atoms in total. The number of carbonyl (C=O) groups excluding carboxylic acids is 2. The van der Waals surface area contributed by atoms with Gasteiger partial charge in [-0.3, -0.25) is 14.5 Å². The van der Waals surface area contributed by atoms with Gasteiger partial charge in [0.05, 0.1) is 12.6 Å². The summed E-state index contributed by atoms with van der Waals surface area (Å²) in [6.45, 7) is 2.48. The van der Waals surface area contributed by atoms with Crippen LogP contribution in [-0.4, -0.2) is 60.8 Å². The van der Waals surface area contributed by atoms with Gasteiger partial charge in [-0.15, -0.1) is 0 Å². The number of amides is 2. The van der Waals surface area contributed by atoms with Crippen LogP contribution in [0, 0.1) is 0 Å². The number of nitrogens with two attached hydrogens (primary N) is 1. The normalized spacial score (nSPS) is 34.3. The number of ether oxygens (including phenoxy) is 1. The lowest BCUT2D eigenvalue weighted by atomic mass is 10.1. The Kier molecular flexibility index (Phi) is 4.93. The van der Waals surface area contributed by atoms with Crippen molar-refractivity contribution in [1.82, 2.24) is 10.2 Å². The van der Waals surface area contributed by atoms with Gasteiger partial charge in [-0.2, -0.15) is 0 Å². The maximum atomic E-state index is 13.4. The summed E-state index contributed by atoms with van der Waals surface area (Å²) in [6.07, 6.45) is 0.640. The van der Waals surface area contributed by atoms with Crippen LogP contribution in [0.3, 0.4) is 0 Å². The van der Waals surface area contributed by atoms with E-state index >= 15 is 0 Å². The van der Waals surface area contributed by atoms with E-state index in [1.165, 1.54) is 0 Å². The molecular formula is C13H22FN3O3. The zero-order chi connectivity index (χ0) is 14.7. The molecule has 2 aliphatic rings. The van der Waals surface area contributed by atoms with Crippen LogP contribution in [-0.2, 0) is 14.3 Å². The molecule has 0 aromatic carbocycles. The molecule has 4 atom stereocenters. The Hall–Kier alpha value is -1.21. The molecule has 2 aliphatic heterocycles. The van der Waals surface area contributed by atoms with Crippen molar-refractivity contribution in [1.29, 1.82) is 0 Å². The van der Waals surface area contributed by atoms with E-state index in [4.69, 9.17) is 10.5 Å². The number of rotatable bonds is 5. The van der Waals surface area contributed by atoms with Gasteiger partial charge in [0, 0.05) is 19.1 Å². The number of nitrogens with zero attached hydrogens (tertiary/aromatic N) is 1. The molecule has 0 unspecified atom stereocenters. The molecule has 2 rings (SSSR count). The summed E-state index contributed by atoms with van der Waals surface area (Å²) < 4.78 is 18.9. The molecule has 2 fully saturated rings. The van der Waals surface area contributed by atoms with Gasteiger partial charge in [0.1, 0.15) is 12.3 Å². The fraction of sp³-hybridized carbons (Fsp3) is 0.846. The third-order valence-corrected chi connectivity index (χ3v) is 3.87. The molecule has 3 N–H and O–H groups in total. The van der Waals surface area contributed by atoms with Gasteiger partial charge in [-0.25, -0.2) is 4.39 Å². The van der Waals surface area contributed by atoms with Gasteiger partial charge < -0.3 is 15.8 Å². The molecule has 7 heteroatoms. The first-order valence-electron chi connectivity index (χ1n) is 7.05. The molecule has 2 saturated heterocycles. The van der Waals surface area contributed by atoms with Crippen LogP contribution in [0.1, 0.15) is 26.2 Å². The lowest BCUT2D eigenvalue weighted by Crippen LogP contribution is -2.45. The van der Waals surface area contributed by atoms with Gasteiger partial charge in [0.15, 0.2) is 0 Å². The molecule has 0 bridgehead atoms. The first-order chi connectivity index (χ1) is 9.45. The number of likely N-dealkylation sites (tertiary alicyclic amines) is 1. The smallest absolute Gasteiger partial charge is 0.249 e. The molecule has 0 saturated carbocycles. The minimum atomic E-state index is -0.973. The van der Waals surface area contributed by atoms with E-state index < -0.39 is 18.2 Å². The molecule has 2 heterocycles. The van der Waals surface area contributed by atoms with Crippen LogP contribution < -0.4 is 11.1 Å². The van der Waals surface area contributed by atoms with Gasteiger partial charge in [-0.1, -0.05) is 0 Å². The second-order valence-corrected chi connectivity index (χ2v) is 5.64. The maximum absolute atomic E-state index is 13.4. The largest absolute Gasteiger partial charge is 0.369 e. The van der Waals surface area contributed by atoms with Crippen molar-refractivity contribution in [3.63, 3.8) is 0 Å². The van der Waals surface area contributed by atoms with E-state index in [-0.39, 0.29) is 31.1 Å². The minimum absolute atomic E-state index is 0.0257. The van der Waals surface area contributed by atoms with Crippen molar-refractivity contribution in [3.8, 4) is 0 Å². The Morgan fingerprint density at radius 3 is 2.80 bits per heavy atom. The zero-order valence-corrected chi connectivity index (χ0v) is 11.7. The molecular weight excluding hydrogens is 265 g/mol. The molecule has 0 radical (unpaired) electrons.